The standard InChI is InChI=1S/C33H30ClF3N4O2/c1-41(2)29(42)15-5-3-4-10-18-43-28-17-16-23(21-39-28)30(32-31(34)25-13-8-9-14-27(25)40-32)26(19-33(35,36)37)24-12-7-6-11-22(24)20-38/h5-9,11-17,21,40H,3-4,10,18-19H2,1-2H3/b15-5+,30-26+. The van der Waals surface area contributed by atoms with Crippen LogP contribution in [0.2, 0.25) is 5.02 Å². The maximum atomic E-state index is 14.1. The number of nitrogens with zero attached hydrogens (tertiary/aromatic N) is 3. The number of aromatic nitrogens is 2. The Morgan fingerprint density at radius 3 is 2.51 bits per heavy atom. The maximum absolute atomic E-state index is 14.1. The van der Waals surface area contributed by atoms with E-state index in [9.17, 15) is 23.2 Å². The summed E-state index contributed by atoms with van der Waals surface area (Å²) in [4.78, 5) is 20.7. The van der Waals surface area contributed by atoms with Gasteiger partial charge < -0.3 is 14.6 Å². The zero-order valence-electron chi connectivity index (χ0n) is 23.7. The first-order valence-electron chi connectivity index (χ1n) is 13.6. The molecule has 1 N–H and O–H groups in total. The van der Waals surface area contributed by atoms with Crippen LogP contribution in [-0.4, -0.2) is 47.7 Å². The molecule has 0 aliphatic rings. The number of halogens is 4. The number of likely N-dealkylation sites (N-methyl/N-ethyl adjacent to an activating group) is 1. The quantitative estimate of drug-likeness (QED) is 0.138. The number of amides is 1. The number of pyridine rings is 1. The summed E-state index contributed by atoms with van der Waals surface area (Å²) >= 11 is 6.78. The van der Waals surface area contributed by atoms with Crippen LogP contribution in [0.4, 0.5) is 13.2 Å². The van der Waals surface area contributed by atoms with Crippen LogP contribution in [0.25, 0.3) is 22.0 Å². The molecule has 2 heterocycles. The van der Waals surface area contributed by atoms with Crippen LogP contribution < -0.4 is 4.74 Å². The van der Waals surface area contributed by atoms with Crippen LogP contribution >= 0.6 is 11.6 Å². The highest BCUT2D eigenvalue weighted by Crippen LogP contribution is 2.43. The summed E-state index contributed by atoms with van der Waals surface area (Å²) in [5.41, 5.74) is 1.70. The third-order valence-electron chi connectivity index (χ3n) is 6.69. The minimum absolute atomic E-state index is 0.0720. The highest BCUT2D eigenvalue weighted by atomic mass is 35.5. The van der Waals surface area contributed by atoms with Gasteiger partial charge in [0.05, 0.1) is 35.4 Å². The molecule has 0 radical (unpaired) electrons. The number of allylic oxidation sites excluding steroid dienone is 2. The molecule has 2 aromatic carbocycles. The Balaban J connectivity index is 1.69. The zero-order chi connectivity index (χ0) is 31.0. The van der Waals surface area contributed by atoms with E-state index in [1.165, 1.54) is 29.3 Å². The second-order valence-electron chi connectivity index (χ2n) is 10.0. The van der Waals surface area contributed by atoms with Crippen molar-refractivity contribution in [2.45, 2.75) is 31.9 Å². The molecule has 6 nitrogen and oxygen atoms in total. The highest BCUT2D eigenvalue weighted by Gasteiger charge is 2.33. The molecular formula is C33H30ClF3N4O2. The molecular weight excluding hydrogens is 577 g/mol. The number of para-hydroxylation sites is 1. The van der Waals surface area contributed by atoms with Gasteiger partial charge >= 0.3 is 6.18 Å². The van der Waals surface area contributed by atoms with Crippen LogP contribution in [0.15, 0.2) is 79.0 Å². The van der Waals surface area contributed by atoms with E-state index in [1.807, 2.05) is 12.1 Å². The van der Waals surface area contributed by atoms with Gasteiger partial charge in [-0.05, 0) is 54.7 Å². The molecule has 0 fully saturated rings. The average molecular weight is 607 g/mol. The van der Waals surface area contributed by atoms with Gasteiger partial charge in [0, 0.05) is 48.4 Å². The van der Waals surface area contributed by atoms with E-state index < -0.39 is 12.6 Å². The Bertz CT molecular complexity index is 1680. The number of carbonyl (C=O) groups excluding carboxylic acids is 1. The Labute approximate surface area is 253 Å². The zero-order valence-corrected chi connectivity index (χ0v) is 24.5. The smallest absolute Gasteiger partial charge is 0.393 e. The van der Waals surface area contributed by atoms with Crippen molar-refractivity contribution >= 4 is 39.6 Å². The number of carbonyl (C=O) groups is 1. The first kappa shape index (κ1) is 31.4. The molecule has 0 atom stereocenters. The van der Waals surface area contributed by atoms with E-state index in [2.05, 4.69) is 9.97 Å². The molecule has 43 heavy (non-hydrogen) atoms. The number of nitriles is 1. The van der Waals surface area contributed by atoms with Gasteiger partial charge in [0.15, 0.2) is 0 Å². The van der Waals surface area contributed by atoms with Crippen molar-refractivity contribution in [2.75, 3.05) is 20.7 Å². The van der Waals surface area contributed by atoms with Crippen molar-refractivity contribution in [1.29, 1.82) is 5.26 Å². The summed E-state index contributed by atoms with van der Waals surface area (Å²) in [6.45, 7) is 0.382. The van der Waals surface area contributed by atoms with E-state index in [4.69, 9.17) is 16.3 Å². The third-order valence-corrected chi connectivity index (χ3v) is 7.08. The molecule has 222 valence electrons. The Hall–Kier alpha value is -4.55. The van der Waals surface area contributed by atoms with Gasteiger partial charge in [-0.2, -0.15) is 18.4 Å². The number of alkyl halides is 3. The lowest BCUT2D eigenvalue weighted by Crippen LogP contribution is -2.18. The number of H-pyrrole nitrogens is 1. The van der Waals surface area contributed by atoms with E-state index in [-0.39, 0.29) is 33.2 Å². The normalized spacial score (nSPS) is 12.3. The second-order valence-corrected chi connectivity index (χ2v) is 10.4. The molecule has 1 amide bonds. The third kappa shape index (κ3) is 8.05. The molecule has 0 saturated heterocycles. The Morgan fingerprint density at radius 2 is 1.84 bits per heavy atom. The van der Waals surface area contributed by atoms with Gasteiger partial charge in [-0.1, -0.05) is 54.1 Å². The first-order chi connectivity index (χ1) is 20.6. The van der Waals surface area contributed by atoms with Crippen molar-refractivity contribution in [2.24, 2.45) is 0 Å². The number of benzene rings is 2. The summed E-state index contributed by atoms with van der Waals surface area (Å²) in [5, 5.41) is 10.7. The monoisotopic (exact) mass is 606 g/mol. The van der Waals surface area contributed by atoms with E-state index in [0.717, 1.165) is 19.3 Å². The summed E-state index contributed by atoms with van der Waals surface area (Å²) < 4.78 is 48.0. The minimum atomic E-state index is -4.58. The fourth-order valence-electron chi connectivity index (χ4n) is 4.60. The highest BCUT2D eigenvalue weighted by molar-refractivity contribution is 6.38. The van der Waals surface area contributed by atoms with E-state index in [0.29, 0.717) is 34.6 Å². The van der Waals surface area contributed by atoms with E-state index in [1.54, 1.807) is 62.6 Å². The van der Waals surface area contributed by atoms with Crippen LogP contribution in [0.5, 0.6) is 5.88 Å². The second kappa shape index (κ2) is 14.1. The van der Waals surface area contributed by atoms with Gasteiger partial charge in [-0.3, -0.25) is 4.79 Å². The van der Waals surface area contributed by atoms with Crippen molar-refractivity contribution < 1.29 is 22.7 Å². The van der Waals surface area contributed by atoms with Crippen molar-refractivity contribution in [3.8, 4) is 11.9 Å². The SMILES string of the molecule is CN(C)C(=O)/C=C/CCCCOc1ccc(/C(=C(/CC(F)(F)F)c2ccccc2C#N)c2[nH]c3ccccc3c2Cl)cn1. The molecule has 0 saturated carbocycles. The van der Waals surface area contributed by atoms with Crippen LogP contribution in [0, 0.1) is 11.3 Å². The fourth-order valence-corrected chi connectivity index (χ4v) is 4.91. The molecule has 0 aliphatic heterocycles. The molecule has 0 unspecified atom stereocenters. The molecule has 10 heteroatoms. The number of nitrogens with one attached hydrogen (secondary N) is 1. The van der Waals surface area contributed by atoms with Gasteiger partial charge in [-0.15, -0.1) is 0 Å². The molecule has 0 bridgehead atoms. The van der Waals surface area contributed by atoms with E-state index >= 15 is 0 Å². The van der Waals surface area contributed by atoms with Crippen LogP contribution in [-0.2, 0) is 4.79 Å². The number of ether oxygens (including phenoxy) is 1. The number of aromatic amines is 1. The van der Waals surface area contributed by atoms with Crippen LogP contribution in [0.1, 0.15) is 48.1 Å². The summed E-state index contributed by atoms with van der Waals surface area (Å²) in [6.07, 6.45) is 1.19. The molecule has 4 aromatic rings. The first-order valence-corrected chi connectivity index (χ1v) is 14.0. The summed E-state index contributed by atoms with van der Waals surface area (Å²) in [5.74, 6) is 0.246. The lowest BCUT2D eigenvalue weighted by atomic mass is 9.88. The fraction of sp³-hybridized carbons (Fsp3) is 0.242. The number of hydrogen-bond acceptors (Lipinski definition) is 4. The predicted octanol–water partition coefficient (Wildman–Crippen LogP) is 8.19. The predicted molar refractivity (Wildman–Crippen MR) is 162 cm³/mol. The minimum Gasteiger partial charge on any atom is -0.478 e. The molecule has 2 aromatic heterocycles. The van der Waals surface area contributed by atoms with Crippen molar-refractivity contribution in [3.63, 3.8) is 0 Å². The van der Waals surface area contributed by atoms with Gasteiger partial charge in [0.25, 0.3) is 0 Å². The Morgan fingerprint density at radius 1 is 1.09 bits per heavy atom. The molecule has 0 spiro atoms. The van der Waals surface area contributed by atoms with Gasteiger partial charge in [0.2, 0.25) is 11.8 Å². The summed E-state index contributed by atoms with van der Waals surface area (Å²) in [7, 11) is 3.38. The van der Waals surface area contributed by atoms with Crippen LogP contribution in [0.3, 0.4) is 0 Å². The molecule has 4 rings (SSSR count). The number of hydrogen-bond donors (Lipinski definition) is 1. The summed E-state index contributed by atoms with van der Waals surface area (Å²) in [6, 6.07) is 18.6. The average Bonchev–Trinajstić information content (AvgIpc) is 3.32. The maximum Gasteiger partial charge on any atom is 0.393 e. The van der Waals surface area contributed by atoms with Gasteiger partial charge in [0.1, 0.15) is 0 Å². The van der Waals surface area contributed by atoms with Crippen molar-refractivity contribution in [1.82, 2.24) is 14.9 Å². The lowest BCUT2D eigenvalue weighted by molar-refractivity contribution is -0.124. The number of unbranched alkanes of at least 4 members (excludes halogenated alkanes) is 2. The topological polar surface area (TPSA) is 82.0 Å². The Kier molecular flexibility index (Phi) is 10.3. The number of rotatable bonds is 11. The largest absolute Gasteiger partial charge is 0.478 e. The lowest BCUT2D eigenvalue weighted by Gasteiger charge is -2.19. The van der Waals surface area contributed by atoms with Crippen molar-refractivity contribution in [3.05, 3.63) is 106 Å². The molecule has 0 aliphatic carbocycles. The van der Waals surface area contributed by atoms with Gasteiger partial charge in [-0.25, -0.2) is 4.98 Å². The number of fused-ring (bicyclic) bond motifs is 1.